The van der Waals surface area contributed by atoms with Crippen LogP contribution in [-0.4, -0.2) is 120 Å². The molecule has 1 heterocycles. The van der Waals surface area contributed by atoms with Crippen molar-refractivity contribution in [3.05, 3.63) is 0 Å². The Balaban J connectivity index is 1.68. The van der Waals surface area contributed by atoms with Crippen LogP contribution in [0.3, 0.4) is 0 Å². The second-order valence-corrected chi connectivity index (χ2v) is 12.2. The van der Waals surface area contributed by atoms with Crippen LogP contribution in [0, 0.1) is 0 Å². The van der Waals surface area contributed by atoms with Crippen LogP contribution in [-0.2, 0) is 38.4 Å². The molecule has 0 bridgehead atoms. The molecular weight excluding hydrogens is 600 g/mol. The van der Waals surface area contributed by atoms with Gasteiger partial charge in [-0.2, -0.15) is 0 Å². The third-order valence-electron chi connectivity index (χ3n) is 8.63. The van der Waals surface area contributed by atoms with Crippen LogP contribution in [0.1, 0.15) is 78.1 Å². The zero-order valence-corrected chi connectivity index (χ0v) is 26.8. The summed E-state index contributed by atoms with van der Waals surface area (Å²) in [7, 11) is 0. The first-order valence-electron chi connectivity index (χ1n) is 16.2. The standard InChI is InChI=1S/C30H48N8O8/c1-19(29(45)35-21-9-5-3-6-10-21)37-17-25(41)31-13-24(40)34-16-28(44)38(18-26(42)32-14-23(39)33-15-27(37)43)20(2)30(46)36-22-11-7-4-8-12-22/h19-22H,3-18H2,1-2H3,(H,31,41)(H,32,42)(H,33,39)(H,34,40)(H,35,45)(H,36,46). The zero-order chi connectivity index (χ0) is 33.6. The summed E-state index contributed by atoms with van der Waals surface area (Å²) in [5, 5.41) is 15.3. The van der Waals surface area contributed by atoms with Gasteiger partial charge >= 0.3 is 0 Å². The highest BCUT2D eigenvalue weighted by Crippen LogP contribution is 2.19. The summed E-state index contributed by atoms with van der Waals surface area (Å²) in [6.45, 7) is -0.400. The fourth-order valence-corrected chi connectivity index (χ4v) is 5.76. The quantitative estimate of drug-likeness (QED) is 0.185. The van der Waals surface area contributed by atoms with E-state index in [1.54, 1.807) is 0 Å². The molecule has 2 unspecified atom stereocenters. The first-order chi connectivity index (χ1) is 21.9. The predicted molar refractivity (Wildman–Crippen MR) is 164 cm³/mol. The minimum absolute atomic E-state index is 0.0343. The molecule has 256 valence electrons. The van der Waals surface area contributed by atoms with Crippen molar-refractivity contribution >= 4 is 47.3 Å². The van der Waals surface area contributed by atoms with Gasteiger partial charge in [0.05, 0.1) is 26.2 Å². The second kappa shape index (κ2) is 18.0. The summed E-state index contributed by atoms with van der Waals surface area (Å²) in [5.41, 5.74) is 0. The van der Waals surface area contributed by atoms with E-state index in [0.29, 0.717) is 0 Å². The van der Waals surface area contributed by atoms with Crippen LogP contribution in [0.5, 0.6) is 0 Å². The Morgan fingerprint density at radius 3 is 1.22 bits per heavy atom. The van der Waals surface area contributed by atoms with Crippen molar-refractivity contribution in [3.63, 3.8) is 0 Å². The highest BCUT2D eigenvalue weighted by molar-refractivity contribution is 5.96. The van der Waals surface area contributed by atoms with Crippen LogP contribution in [0.25, 0.3) is 0 Å². The molecule has 2 saturated carbocycles. The molecule has 3 fully saturated rings. The van der Waals surface area contributed by atoms with Gasteiger partial charge in [-0.25, -0.2) is 0 Å². The minimum atomic E-state index is -1.06. The van der Waals surface area contributed by atoms with Gasteiger partial charge in [0.15, 0.2) is 0 Å². The van der Waals surface area contributed by atoms with Crippen LogP contribution < -0.4 is 31.9 Å². The maximum Gasteiger partial charge on any atom is 0.243 e. The number of carbonyl (C=O) groups excluding carboxylic acids is 8. The Kier molecular flexibility index (Phi) is 14.2. The molecule has 8 amide bonds. The number of hydrogen-bond donors (Lipinski definition) is 6. The monoisotopic (exact) mass is 648 g/mol. The molecule has 16 heteroatoms. The molecule has 0 aromatic rings. The number of nitrogens with one attached hydrogen (secondary N) is 6. The maximum absolute atomic E-state index is 13.1. The molecule has 46 heavy (non-hydrogen) atoms. The Labute approximate surface area is 268 Å². The molecule has 0 spiro atoms. The van der Waals surface area contributed by atoms with Gasteiger partial charge in [0.25, 0.3) is 0 Å². The van der Waals surface area contributed by atoms with Crippen molar-refractivity contribution in [3.8, 4) is 0 Å². The van der Waals surface area contributed by atoms with Crippen molar-refractivity contribution < 1.29 is 38.4 Å². The molecule has 1 aliphatic heterocycles. The normalized spacial score (nSPS) is 22.3. The summed E-state index contributed by atoms with van der Waals surface area (Å²) < 4.78 is 0. The Bertz CT molecular complexity index is 1060. The number of nitrogens with zero attached hydrogens (tertiary/aromatic N) is 2. The summed E-state index contributed by atoms with van der Waals surface area (Å²) in [5.74, 6) is -5.25. The highest BCUT2D eigenvalue weighted by atomic mass is 16.2. The highest BCUT2D eigenvalue weighted by Gasteiger charge is 2.32. The van der Waals surface area contributed by atoms with Gasteiger partial charge in [-0.3, -0.25) is 38.4 Å². The lowest BCUT2D eigenvalue weighted by Crippen LogP contribution is -2.57. The average Bonchev–Trinajstić information content (AvgIpc) is 3.05. The van der Waals surface area contributed by atoms with Gasteiger partial charge < -0.3 is 41.7 Å². The van der Waals surface area contributed by atoms with E-state index >= 15 is 0 Å². The lowest BCUT2D eigenvalue weighted by molar-refractivity contribution is -0.144. The molecule has 2 atom stereocenters. The van der Waals surface area contributed by atoms with E-state index in [9.17, 15) is 38.4 Å². The van der Waals surface area contributed by atoms with Gasteiger partial charge in [-0.05, 0) is 39.5 Å². The second-order valence-electron chi connectivity index (χ2n) is 12.2. The van der Waals surface area contributed by atoms with E-state index in [0.717, 1.165) is 74.0 Å². The zero-order valence-electron chi connectivity index (χ0n) is 26.8. The molecule has 6 N–H and O–H groups in total. The molecule has 2 aliphatic carbocycles. The first kappa shape index (κ1) is 36.2. The molecular formula is C30H48N8O8. The topological polar surface area (TPSA) is 215 Å². The number of hydrogen-bond acceptors (Lipinski definition) is 8. The van der Waals surface area contributed by atoms with Crippen LogP contribution in [0.2, 0.25) is 0 Å². The molecule has 3 rings (SSSR count). The van der Waals surface area contributed by atoms with E-state index in [1.807, 2.05) is 0 Å². The van der Waals surface area contributed by atoms with Crippen molar-refractivity contribution in [2.24, 2.45) is 0 Å². The summed E-state index contributed by atoms with van der Waals surface area (Å²) in [6, 6.07) is -2.19. The van der Waals surface area contributed by atoms with Crippen molar-refractivity contribution in [2.45, 2.75) is 102 Å². The Hall–Kier alpha value is -4.24. The van der Waals surface area contributed by atoms with E-state index in [-0.39, 0.29) is 12.1 Å². The first-order valence-corrected chi connectivity index (χ1v) is 16.2. The smallest absolute Gasteiger partial charge is 0.243 e. The minimum Gasteiger partial charge on any atom is -0.352 e. The molecule has 0 radical (unpaired) electrons. The van der Waals surface area contributed by atoms with Gasteiger partial charge in [-0.15, -0.1) is 0 Å². The lowest BCUT2D eigenvalue weighted by Gasteiger charge is -2.31. The number of amides is 8. The van der Waals surface area contributed by atoms with E-state index in [2.05, 4.69) is 31.9 Å². The largest absolute Gasteiger partial charge is 0.352 e. The van der Waals surface area contributed by atoms with Crippen molar-refractivity contribution in [1.82, 2.24) is 41.7 Å². The number of carbonyl (C=O) groups is 8. The summed E-state index contributed by atoms with van der Waals surface area (Å²) in [6.07, 6.45) is 9.36. The van der Waals surface area contributed by atoms with Gasteiger partial charge in [0.2, 0.25) is 47.3 Å². The fourth-order valence-electron chi connectivity index (χ4n) is 5.76. The van der Waals surface area contributed by atoms with Crippen LogP contribution in [0.4, 0.5) is 0 Å². The molecule has 0 aromatic heterocycles. The van der Waals surface area contributed by atoms with Crippen LogP contribution >= 0.6 is 0 Å². The molecule has 16 nitrogen and oxygen atoms in total. The molecule has 3 aliphatic rings. The average molecular weight is 649 g/mol. The SMILES string of the molecule is CC(C(=O)NC1CCCCC1)N1CC(=O)NCC(=O)NCC(=O)N(C(C)C(=O)NC2CCCCC2)CC(=O)NCC(=O)NCC1=O. The van der Waals surface area contributed by atoms with Crippen molar-refractivity contribution in [2.75, 3.05) is 39.3 Å². The fraction of sp³-hybridized carbons (Fsp3) is 0.733. The van der Waals surface area contributed by atoms with Crippen molar-refractivity contribution in [1.29, 1.82) is 0 Å². The Morgan fingerprint density at radius 1 is 0.543 bits per heavy atom. The number of rotatable bonds is 6. The lowest BCUT2D eigenvalue weighted by atomic mass is 9.95. The third-order valence-corrected chi connectivity index (χ3v) is 8.63. The molecule has 0 aromatic carbocycles. The van der Waals surface area contributed by atoms with E-state index in [4.69, 9.17) is 0 Å². The summed E-state index contributed by atoms with van der Waals surface area (Å²) >= 11 is 0. The van der Waals surface area contributed by atoms with Gasteiger partial charge in [-0.1, -0.05) is 38.5 Å². The third kappa shape index (κ3) is 11.6. The van der Waals surface area contributed by atoms with E-state index < -0.39 is 98.6 Å². The van der Waals surface area contributed by atoms with Gasteiger partial charge in [0, 0.05) is 12.1 Å². The predicted octanol–water partition coefficient (Wildman–Crippen LogP) is -2.20. The maximum atomic E-state index is 13.1. The van der Waals surface area contributed by atoms with E-state index in [1.165, 1.54) is 13.8 Å². The van der Waals surface area contributed by atoms with Crippen LogP contribution in [0.15, 0.2) is 0 Å². The van der Waals surface area contributed by atoms with Gasteiger partial charge in [0.1, 0.15) is 25.2 Å². The molecule has 1 saturated heterocycles. The Morgan fingerprint density at radius 2 is 0.870 bits per heavy atom. The summed E-state index contributed by atoms with van der Waals surface area (Å²) in [4.78, 5) is 105.